The Bertz CT molecular complexity index is 549. The topological polar surface area (TPSA) is 32.9 Å². The van der Waals surface area contributed by atoms with E-state index in [0.717, 1.165) is 22.2 Å². The molecular weight excluding hydrogens is 198 g/mol. The van der Waals surface area contributed by atoms with Gasteiger partial charge in [0.1, 0.15) is 0 Å². The minimum Gasteiger partial charge on any atom is -0.358 e. The molecule has 1 aromatic carbocycles. The highest BCUT2D eigenvalue weighted by Crippen LogP contribution is 2.29. The van der Waals surface area contributed by atoms with Gasteiger partial charge in [-0.3, -0.25) is 4.79 Å². The van der Waals surface area contributed by atoms with Gasteiger partial charge >= 0.3 is 0 Å². The fourth-order valence-electron chi connectivity index (χ4n) is 2.30. The van der Waals surface area contributed by atoms with Crippen molar-refractivity contribution in [3.8, 4) is 0 Å². The van der Waals surface area contributed by atoms with Crippen LogP contribution in [0.25, 0.3) is 10.9 Å². The van der Waals surface area contributed by atoms with Crippen LogP contribution in [0.1, 0.15) is 48.3 Å². The lowest BCUT2D eigenvalue weighted by molar-refractivity contribution is 0.101. The average molecular weight is 215 g/mol. The third kappa shape index (κ3) is 1.54. The van der Waals surface area contributed by atoms with Crippen LogP contribution in [-0.4, -0.2) is 10.8 Å². The molecular formula is C14H17NO. The summed E-state index contributed by atoms with van der Waals surface area (Å²) in [5.74, 6) is 0.589. The molecule has 0 aliphatic carbocycles. The Morgan fingerprint density at radius 3 is 2.56 bits per heavy atom. The highest BCUT2D eigenvalue weighted by Gasteiger charge is 2.15. The van der Waals surface area contributed by atoms with E-state index in [0.29, 0.717) is 5.92 Å². The Labute approximate surface area is 95.7 Å². The number of fused-ring (bicyclic) bond motifs is 1. The summed E-state index contributed by atoms with van der Waals surface area (Å²) in [5, 5.41) is 1.05. The molecule has 1 N–H and O–H groups in total. The van der Waals surface area contributed by atoms with Gasteiger partial charge in [-0.15, -0.1) is 0 Å². The Hall–Kier alpha value is -1.57. The van der Waals surface area contributed by atoms with Crippen LogP contribution < -0.4 is 0 Å². The maximum atomic E-state index is 11.6. The van der Waals surface area contributed by atoms with Crippen molar-refractivity contribution in [1.29, 1.82) is 0 Å². The number of benzene rings is 1. The van der Waals surface area contributed by atoms with E-state index in [4.69, 9.17) is 0 Å². The summed E-state index contributed by atoms with van der Waals surface area (Å²) in [7, 11) is 0. The van der Waals surface area contributed by atoms with Crippen LogP contribution in [0.4, 0.5) is 0 Å². The van der Waals surface area contributed by atoms with Crippen LogP contribution in [0.15, 0.2) is 18.2 Å². The van der Waals surface area contributed by atoms with Crippen LogP contribution in [-0.2, 0) is 0 Å². The minimum atomic E-state index is 0.129. The van der Waals surface area contributed by atoms with Crippen LogP contribution in [0, 0.1) is 6.92 Å². The number of para-hydroxylation sites is 1. The normalized spacial score (nSPS) is 11.3. The zero-order valence-corrected chi connectivity index (χ0v) is 10.2. The molecule has 1 aromatic heterocycles. The van der Waals surface area contributed by atoms with Crippen molar-refractivity contribution >= 4 is 16.7 Å². The lowest BCUT2D eigenvalue weighted by Gasteiger charge is -2.06. The molecule has 16 heavy (non-hydrogen) atoms. The van der Waals surface area contributed by atoms with Crippen molar-refractivity contribution in [2.24, 2.45) is 0 Å². The molecule has 0 saturated heterocycles. The number of aromatic amines is 1. The van der Waals surface area contributed by atoms with Crippen LogP contribution in [0.3, 0.4) is 0 Å². The molecule has 0 spiro atoms. The smallest absolute Gasteiger partial charge is 0.162 e. The summed E-state index contributed by atoms with van der Waals surface area (Å²) in [5.41, 5.74) is 4.18. The number of H-pyrrole nitrogens is 1. The standard InChI is InChI=1S/C14H17NO/c1-8(2)11-6-5-7-12-13(10(4)16)9(3)15-14(11)12/h5-8,15H,1-4H3. The Morgan fingerprint density at radius 2 is 2.00 bits per heavy atom. The van der Waals surface area contributed by atoms with Crippen molar-refractivity contribution in [3.63, 3.8) is 0 Å². The first-order chi connectivity index (χ1) is 7.52. The predicted octanol–water partition coefficient (Wildman–Crippen LogP) is 3.80. The second-order valence-electron chi connectivity index (χ2n) is 4.61. The van der Waals surface area contributed by atoms with E-state index in [1.807, 2.05) is 19.1 Å². The number of aromatic nitrogens is 1. The molecule has 0 aliphatic rings. The number of hydrogen-bond donors (Lipinski definition) is 1. The van der Waals surface area contributed by atoms with Crippen molar-refractivity contribution in [3.05, 3.63) is 35.0 Å². The molecule has 0 bridgehead atoms. The maximum absolute atomic E-state index is 11.6. The number of carbonyl (C=O) groups excluding carboxylic acids is 1. The molecule has 0 fully saturated rings. The Balaban J connectivity index is 2.83. The van der Waals surface area contributed by atoms with Crippen molar-refractivity contribution in [2.75, 3.05) is 0 Å². The zero-order chi connectivity index (χ0) is 11.9. The number of rotatable bonds is 2. The van der Waals surface area contributed by atoms with Crippen molar-refractivity contribution in [2.45, 2.75) is 33.6 Å². The molecule has 0 saturated carbocycles. The number of ketones is 1. The second-order valence-corrected chi connectivity index (χ2v) is 4.61. The van der Waals surface area contributed by atoms with Gasteiger partial charge in [0, 0.05) is 22.2 Å². The number of carbonyl (C=O) groups is 1. The van der Waals surface area contributed by atoms with E-state index in [9.17, 15) is 4.79 Å². The number of Topliss-reactive ketones (excluding diaryl/α,β-unsaturated/α-hetero) is 1. The molecule has 0 unspecified atom stereocenters. The fourth-order valence-corrected chi connectivity index (χ4v) is 2.30. The van der Waals surface area contributed by atoms with Gasteiger partial charge < -0.3 is 4.98 Å². The quantitative estimate of drug-likeness (QED) is 0.759. The van der Waals surface area contributed by atoms with E-state index < -0.39 is 0 Å². The molecule has 2 nitrogen and oxygen atoms in total. The van der Waals surface area contributed by atoms with Gasteiger partial charge in [0.05, 0.1) is 0 Å². The zero-order valence-electron chi connectivity index (χ0n) is 10.2. The van der Waals surface area contributed by atoms with Crippen LogP contribution in [0.2, 0.25) is 0 Å². The summed E-state index contributed by atoms with van der Waals surface area (Å²) >= 11 is 0. The molecule has 0 amide bonds. The van der Waals surface area contributed by atoms with E-state index in [1.165, 1.54) is 5.56 Å². The van der Waals surface area contributed by atoms with Gasteiger partial charge in [-0.2, -0.15) is 0 Å². The third-order valence-electron chi connectivity index (χ3n) is 3.03. The maximum Gasteiger partial charge on any atom is 0.162 e. The highest BCUT2D eigenvalue weighted by molar-refractivity contribution is 6.08. The number of nitrogens with one attached hydrogen (secondary N) is 1. The first-order valence-corrected chi connectivity index (χ1v) is 5.64. The summed E-state index contributed by atoms with van der Waals surface area (Å²) in [6.07, 6.45) is 0. The Morgan fingerprint density at radius 1 is 1.31 bits per heavy atom. The number of hydrogen-bond acceptors (Lipinski definition) is 1. The average Bonchev–Trinajstić information content (AvgIpc) is 2.52. The molecule has 0 radical (unpaired) electrons. The molecule has 0 aliphatic heterocycles. The largest absolute Gasteiger partial charge is 0.358 e. The number of aryl methyl sites for hydroxylation is 1. The molecule has 84 valence electrons. The summed E-state index contributed by atoms with van der Waals surface area (Å²) in [6.45, 7) is 7.91. The highest BCUT2D eigenvalue weighted by atomic mass is 16.1. The monoisotopic (exact) mass is 215 g/mol. The summed E-state index contributed by atoms with van der Waals surface area (Å²) in [4.78, 5) is 14.9. The van der Waals surface area contributed by atoms with Gasteiger partial charge in [0.25, 0.3) is 0 Å². The van der Waals surface area contributed by atoms with Crippen molar-refractivity contribution < 1.29 is 4.79 Å². The minimum absolute atomic E-state index is 0.129. The predicted molar refractivity (Wildman–Crippen MR) is 67.1 cm³/mol. The van der Waals surface area contributed by atoms with E-state index in [1.54, 1.807) is 6.92 Å². The molecule has 0 atom stereocenters. The summed E-state index contributed by atoms with van der Waals surface area (Å²) < 4.78 is 0. The van der Waals surface area contributed by atoms with Gasteiger partial charge in [0.2, 0.25) is 0 Å². The van der Waals surface area contributed by atoms with Crippen molar-refractivity contribution in [1.82, 2.24) is 4.98 Å². The van der Waals surface area contributed by atoms with Crippen LogP contribution >= 0.6 is 0 Å². The molecule has 2 heteroatoms. The van der Waals surface area contributed by atoms with E-state index >= 15 is 0 Å². The summed E-state index contributed by atoms with van der Waals surface area (Å²) in [6, 6.07) is 6.16. The van der Waals surface area contributed by atoms with E-state index in [2.05, 4.69) is 24.9 Å². The first kappa shape index (κ1) is 10.9. The van der Waals surface area contributed by atoms with Gasteiger partial charge in [-0.25, -0.2) is 0 Å². The lowest BCUT2D eigenvalue weighted by atomic mass is 9.99. The lowest BCUT2D eigenvalue weighted by Crippen LogP contribution is -1.93. The van der Waals surface area contributed by atoms with Gasteiger partial charge in [-0.05, 0) is 25.3 Å². The SMILES string of the molecule is CC(=O)c1c(C)[nH]c2c(C(C)C)cccc12. The van der Waals surface area contributed by atoms with Crippen LogP contribution in [0.5, 0.6) is 0 Å². The Kier molecular flexibility index (Phi) is 2.58. The van der Waals surface area contributed by atoms with Gasteiger partial charge in [0.15, 0.2) is 5.78 Å². The fraction of sp³-hybridized carbons (Fsp3) is 0.357. The molecule has 2 rings (SSSR count). The molecule has 1 heterocycles. The first-order valence-electron chi connectivity index (χ1n) is 5.64. The third-order valence-corrected chi connectivity index (χ3v) is 3.03. The second kappa shape index (κ2) is 3.78. The van der Waals surface area contributed by atoms with Gasteiger partial charge in [-0.1, -0.05) is 32.0 Å². The van der Waals surface area contributed by atoms with E-state index in [-0.39, 0.29) is 5.78 Å². The molecule has 2 aromatic rings.